The van der Waals surface area contributed by atoms with Crippen molar-refractivity contribution in [1.82, 2.24) is 0 Å². The van der Waals surface area contributed by atoms with Crippen LogP contribution in [0.1, 0.15) is 16.7 Å². The summed E-state index contributed by atoms with van der Waals surface area (Å²) in [5.74, 6) is 0.813. The standard InChI is InChI=1S/C44H32N2.C33H23N3O/c1-3-17-37(18-4-1)45(43-23-11-15-35-13-7-9-21-41(35)43)39-29-25-33(26-30-39)34-27-31-40(32-28-34)46(38-19-5-2-6-20-38)44-24-12-16-36-14-8-10-22-42(36)44;1-35-33-25(15-22-31-26(23-34)7-6-10-32(31)33)14-11-24-12-16-28(17-13-24)36(27-8-4-3-5-9-27)29-18-20-30(37-2)21-19-29/h1-32H;3-22H,2H3. The Morgan fingerprint density at radius 3 is 1.24 bits per heavy atom. The zero-order chi connectivity index (χ0) is 56.3. The molecule has 0 fully saturated rings. The monoisotopic (exact) mass is 1070 g/mol. The van der Waals surface area contributed by atoms with E-state index in [1.807, 2.05) is 78.9 Å². The molecule has 0 aromatic heterocycles. The first-order valence-corrected chi connectivity index (χ1v) is 27.5. The Balaban J connectivity index is 0.000000168. The molecule has 0 aliphatic heterocycles. The molecule has 0 aliphatic rings. The molecular weight excluding hydrogens is 1010 g/mol. The van der Waals surface area contributed by atoms with Gasteiger partial charge in [-0.15, -0.1) is 0 Å². The quantitative estimate of drug-likeness (QED) is 0.0851. The highest BCUT2D eigenvalue weighted by Gasteiger charge is 2.18. The Kier molecular flexibility index (Phi) is 15.3. The highest BCUT2D eigenvalue weighted by Crippen LogP contribution is 2.43. The van der Waals surface area contributed by atoms with Gasteiger partial charge in [-0.2, -0.15) is 5.26 Å². The Morgan fingerprint density at radius 1 is 0.361 bits per heavy atom. The number of hydrogen-bond acceptors (Lipinski definition) is 5. The molecule has 13 aromatic carbocycles. The number of hydrogen-bond donors (Lipinski definition) is 0. The van der Waals surface area contributed by atoms with Gasteiger partial charge in [-0.1, -0.05) is 200 Å². The molecule has 0 saturated carbocycles. The Hall–Kier alpha value is -11.4. The van der Waals surface area contributed by atoms with Crippen LogP contribution in [0.15, 0.2) is 303 Å². The van der Waals surface area contributed by atoms with Crippen LogP contribution in [0.5, 0.6) is 5.75 Å². The van der Waals surface area contributed by atoms with Crippen LogP contribution in [0.4, 0.5) is 56.9 Å². The summed E-state index contributed by atoms with van der Waals surface area (Å²) >= 11 is 0. The molecule has 0 N–H and O–H groups in total. The zero-order valence-corrected chi connectivity index (χ0v) is 45.7. The lowest BCUT2D eigenvalue weighted by atomic mass is 9.99. The third kappa shape index (κ3) is 11.1. The van der Waals surface area contributed by atoms with Crippen LogP contribution in [-0.4, -0.2) is 7.11 Å². The summed E-state index contributed by atoms with van der Waals surface area (Å²) in [4.78, 5) is 10.7. The molecule has 6 heteroatoms. The molecule has 0 heterocycles. The fourth-order valence-corrected chi connectivity index (χ4v) is 10.8. The van der Waals surface area contributed by atoms with Gasteiger partial charge in [0.2, 0.25) is 5.69 Å². The number of rotatable bonds is 13. The molecule has 394 valence electrons. The van der Waals surface area contributed by atoms with E-state index in [4.69, 9.17) is 11.3 Å². The van der Waals surface area contributed by atoms with Gasteiger partial charge in [0.05, 0.1) is 36.7 Å². The summed E-state index contributed by atoms with van der Waals surface area (Å²) < 4.78 is 5.33. The Labute approximate surface area is 485 Å². The Morgan fingerprint density at radius 2 is 0.759 bits per heavy atom. The molecule has 6 nitrogen and oxygen atoms in total. The van der Waals surface area contributed by atoms with Crippen LogP contribution < -0.4 is 19.4 Å². The van der Waals surface area contributed by atoms with Crippen molar-refractivity contribution in [2.24, 2.45) is 0 Å². The third-order valence-corrected chi connectivity index (χ3v) is 14.9. The van der Waals surface area contributed by atoms with Crippen molar-refractivity contribution in [3.8, 4) is 22.9 Å². The van der Waals surface area contributed by atoms with E-state index in [0.717, 1.165) is 78.8 Å². The predicted molar refractivity (Wildman–Crippen MR) is 348 cm³/mol. The third-order valence-electron chi connectivity index (χ3n) is 14.9. The van der Waals surface area contributed by atoms with E-state index in [1.54, 1.807) is 13.2 Å². The van der Waals surface area contributed by atoms with Gasteiger partial charge in [-0.05, 0) is 159 Å². The van der Waals surface area contributed by atoms with Crippen LogP contribution in [0.2, 0.25) is 0 Å². The molecule has 0 bridgehead atoms. The highest BCUT2D eigenvalue weighted by atomic mass is 16.5. The SMILES string of the molecule is [C-]#[N+]c1c(C=Cc2ccc(N(c3ccccc3)c3ccc(OC)cc3)cc2)ccc2c(C#N)cccc12.c1ccc(N(c2ccc(-c3ccc(N(c4ccccc4)c4cccc5ccccc45)cc3)cc2)c2cccc3ccccc23)cc1. The number of ether oxygens (including phenoxy) is 1. The van der Waals surface area contributed by atoms with Crippen LogP contribution in [0, 0.1) is 17.9 Å². The normalized spacial score (nSPS) is 10.9. The fraction of sp³-hybridized carbons (Fsp3) is 0.0130. The lowest BCUT2D eigenvalue weighted by Crippen LogP contribution is -2.10. The lowest BCUT2D eigenvalue weighted by Gasteiger charge is -2.27. The van der Waals surface area contributed by atoms with Crippen LogP contribution >= 0.6 is 0 Å². The minimum Gasteiger partial charge on any atom is -0.497 e. The summed E-state index contributed by atoms with van der Waals surface area (Å²) in [5.41, 5.74) is 15.3. The van der Waals surface area contributed by atoms with Gasteiger partial charge in [-0.3, -0.25) is 0 Å². The molecular formula is C77H55N5O. The molecule has 13 rings (SSSR count). The number of nitriles is 1. The summed E-state index contributed by atoms with van der Waals surface area (Å²) in [6, 6.07) is 107. The maximum absolute atomic E-state index is 9.40. The van der Waals surface area contributed by atoms with Gasteiger partial charge in [0.15, 0.2) is 0 Å². The van der Waals surface area contributed by atoms with Crippen LogP contribution in [-0.2, 0) is 0 Å². The molecule has 0 atom stereocenters. The number of methoxy groups -OCH3 is 1. The summed E-state index contributed by atoms with van der Waals surface area (Å²) in [5, 5.41) is 15.9. The second kappa shape index (κ2) is 24.3. The fourth-order valence-electron chi connectivity index (χ4n) is 10.8. The van der Waals surface area contributed by atoms with Crippen LogP contribution in [0.3, 0.4) is 0 Å². The maximum Gasteiger partial charge on any atom is 0.202 e. The van der Waals surface area contributed by atoms with E-state index >= 15 is 0 Å². The summed E-state index contributed by atoms with van der Waals surface area (Å²) in [6.45, 7) is 7.74. The molecule has 83 heavy (non-hydrogen) atoms. The highest BCUT2D eigenvalue weighted by molar-refractivity contribution is 6.03. The maximum atomic E-state index is 9.40. The molecule has 0 spiro atoms. The number of anilines is 9. The molecule has 0 radical (unpaired) electrons. The van der Waals surface area contributed by atoms with Gasteiger partial charge in [0.25, 0.3) is 0 Å². The molecule has 0 saturated heterocycles. The molecule has 13 aromatic rings. The second-order valence-electron chi connectivity index (χ2n) is 19.9. The average molecular weight is 1070 g/mol. The minimum atomic E-state index is 0.553. The predicted octanol–water partition coefficient (Wildman–Crippen LogP) is 21.5. The largest absolute Gasteiger partial charge is 0.497 e. The van der Waals surface area contributed by atoms with E-state index < -0.39 is 0 Å². The molecule has 0 amide bonds. The van der Waals surface area contributed by atoms with Crippen molar-refractivity contribution in [2.75, 3.05) is 21.8 Å². The summed E-state index contributed by atoms with van der Waals surface area (Å²) in [6.07, 6.45) is 3.97. The Bertz CT molecular complexity index is 4300. The van der Waals surface area contributed by atoms with Crippen molar-refractivity contribution in [3.63, 3.8) is 0 Å². The van der Waals surface area contributed by atoms with Gasteiger partial charge in [0, 0.05) is 50.6 Å². The van der Waals surface area contributed by atoms with E-state index in [2.05, 4.69) is 256 Å². The minimum absolute atomic E-state index is 0.553. The lowest BCUT2D eigenvalue weighted by molar-refractivity contribution is 0.415. The first-order valence-electron chi connectivity index (χ1n) is 27.5. The zero-order valence-electron chi connectivity index (χ0n) is 45.7. The first kappa shape index (κ1) is 52.3. The van der Waals surface area contributed by atoms with Gasteiger partial charge in [-0.25, -0.2) is 4.85 Å². The van der Waals surface area contributed by atoms with Gasteiger partial charge in [0.1, 0.15) is 5.75 Å². The average Bonchev–Trinajstić information content (AvgIpc) is 3.72. The smallest absolute Gasteiger partial charge is 0.202 e. The second-order valence-corrected chi connectivity index (χ2v) is 19.9. The van der Waals surface area contributed by atoms with Crippen molar-refractivity contribution in [3.05, 3.63) is 331 Å². The topological polar surface area (TPSA) is 47.1 Å². The van der Waals surface area contributed by atoms with Crippen LogP contribution in [0.25, 0.3) is 60.4 Å². The van der Waals surface area contributed by atoms with Gasteiger partial charge < -0.3 is 19.4 Å². The number of fused-ring (bicyclic) bond motifs is 3. The molecule has 0 aliphatic carbocycles. The van der Waals surface area contributed by atoms with E-state index in [0.29, 0.717) is 11.3 Å². The number of para-hydroxylation sites is 3. The van der Waals surface area contributed by atoms with E-state index in [9.17, 15) is 5.26 Å². The molecule has 0 unspecified atom stereocenters. The van der Waals surface area contributed by atoms with E-state index in [-0.39, 0.29) is 0 Å². The first-order chi connectivity index (χ1) is 41.0. The van der Waals surface area contributed by atoms with Crippen molar-refractivity contribution in [2.45, 2.75) is 0 Å². The number of benzene rings is 13. The van der Waals surface area contributed by atoms with Gasteiger partial charge >= 0.3 is 0 Å². The van der Waals surface area contributed by atoms with Crippen molar-refractivity contribution >= 4 is 101 Å². The number of nitrogens with zero attached hydrogens (tertiary/aromatic N) is 5. The van der Waals surface area contributed by atoms with E-state index in [1.165, 1.54) is 32.7 Å². The van der Waals surface area contributed by atoms with Crippen molar-refractivity contribution < 1.29 is 4.74 Å². The van der Waals surface area contributed by atoms with Crippen molar-refractivity contribution in [1.29, 1.82) is 5.26 Å². The summed E-state index contributed by atoms with van der Waals surface area (Å²) in [7, 11) is 1.67.